The molecular formula is C27H24N4O2. The Morgan fingerprint density at radius 1 is 0.970 bits per heavy atom. The molecule has 1 amide bonds. The normalized spacial score (nSPS) is 12.2. The van der Waals surface area contributed by atoms with E-state index in [1.165, 1.54) is 10.9 Å². The standard InChI is InChI=1S/C27H24N4O2/c28-19(11-17-14-31-26-10-2-1-5-22(17)26)16-33-20-12-18(13-30-15-20)21-6-3-8-24-23(21)7-4-9-25(24)27(29)32/h1-10,12-15,19,31H,11,16,28H2,(H2,29,32)/t19-/m0/s1. The summed E-state index contributed by atoms with van der Waals surface area (Å²) in [6.45, 7) is 0.367. The van der Waals surface area contributed by atoms with E-state index in [0.29, 0.717) is 24.3 Å². The van der Waals surface area contributed by atoms with Crippen molar-refractivity contribution in [2.24, 2.45) is 11.5 Å². The van der Waals surface area contributed by atoms with Crippen molar-refractivity contribution in [2.75, 3.05) is 6.61 Å². The number of hydrogen-bond donors (Lipinski definition) is 3. The average molecular weight is 437 g/mol. The lowest BCUT2D eigenvalue weighted by molar-refractivity contribution is 0.100. The SMILES string of the molecule is NC(=O)c1cccc2c(-c3cncc(OC[C@@H](N)Cc4c[nH]c5ccccc45)c3)cccc12. The highest BCUT2D eigenvalue weighted by molar-refractivity contribution is 6.09. The highest BCUT2D eigenvalue weighted by Gasteiger charge is 2.12. The van der Waals surface area contributed by atoms with Gasteiger partial charge in [0.15, 0.2) is 0 Å². The van der Waals surface area contributed by atoms with Gasteiger partial charge < -0.3 is 21.2 Å². The molecule has 0 spiro atoms. The number of ether oxygens (including phenoxy) is 1. The highest BCUT2D eigenvalue weighted by atomic mass is 16.5. The van der Waals surface area contributed by atoms with Crippen molar-refractivity contribution in [2.45, 2.75) is 12.5 Å². The number of rotatable bonds is 7. The Morgan fingerprint density at radius 3 is 2.64 bits per heavy atom. The number of aromatic amines is 1. The first kappa shape index (κ1) is 20.7. The van der Waals surface area contributed by atoms with Crippen molar-refractivity contribution in [3.8, 4) is 16.9 Å². The van der Waals surface area contributed by atoms with E-state index >= 15 is 0 Å². The van der Waals surface area contributed by atoms with E-state index in [-0.39, 0.29) is 6.04 Å². The zero-order valence-electron chi connectivity index (χ0n) is 18.0. The Morgan fingerprint density at radius 2 is 1.76 bits per heavy atom. The van der Waals surface area contributed by atoms with Gasteiger partial charge in [0, 0.05) is 40.5 Å². The molecule has 33 heavy (non-hydrogen) atoms. The van der Waals surface area contributed by atoms with Crippen LogP contribution < -0.4 is 16.2 Å². The molecule has 0 saturated heterocycles. The number of carbonyl (C=O) groups is 1. The summed E-state index contributed by atoms with van der Waals surface area (Å²) in [5.41, 5.74) is 16.5. The number of amides is 1. The molecule has 0 unspecified atom stereocenters. The molecule has 0 bridgehead atoms. The molecule has 3 aromatic carbocycles. The third-order valence-corrected chi connectivity index (χ3v) is 5.83. The van der Waals surface area contributed by atoms with Gasteiger partial charge in [-0.25, -0.2) is 0 Å². The molecule has 0 aliphatic carbocycles. The van der Waals surface area contributed by atoms with Crippen LogP contribution in [0, 0.1) is 0 Å². The van der Waals surface area contributed by atoms with E-state index < -0.39 is 5.91 Å². The first-order valence-electron chi connectivity index (χ1n) is 10.8. The van der Waals surface area contributed by atoms with E-state index in [1.807, 2.05) is 54.7 Å². The fourth-order valence-electron chi connectivity index (χ4n) is 4.27. The minimum atomic E-state index is -0.447. The summed E-state index contributed by atoms with van der Waals surface area (Å²) < 4.78 is 5.99. The third-order valence-electron chi connectivity index (χ3n) is 5.83. The van der Waals surface area contributed by atoms with Crippen LogP contribution in [-0.4, -0.2) is 28.5 Å². The molecule has 5 N–H and O–H groups in total. The van der Waals surface area contributed by atoms with Gasteiger partial charge in [0.1, 0.15) is 12.4 Å². The molecule has 5 rings (SSSR count). The first-order chi connectivity index (χ1) is 16.1. The molecule has 6 heteroatoms. The molecule has 0 aliphatic rings. The maximum absolute atomic E-state index is 11.8. The van der Waals surface area contributed by atoms with Gasteiger partial charge in [-0.1, -0.05) is 48.5 Å². The summed E-state index contributed by atoms with van der Waals surface area (Å²) in [6, 6.07) is 21.3. The zero-order chi connectivity index (χ0) is 22.8. The number of H-pyrrole nitrogens is 1. The van der Waals surface area contributed by atoms with Crippen molar-refractivity contribution in [1.82, 2.24) is 9.97 Å². The number of para-hydroxylation sites is 1. The van der Waals surface area contributed by atoms with Crippen LogP contribution in [0.2, 0.25) is 0 Å². The molecule has 0 aliphatic heterocycles. The van der Waals surface area contributed by atoms with Gasteiger partial charge in [0.05, 0.1) is 6.20 Å². The summed E-state index contributed by atoms with van der Waals surface area (Å²) in [5.74, 6) is 0.196. The van der Waals surface area contributed by atoms with Crippen molar-refractivity contribution >= 4 is 27.6 Å². The van der Waals surface area contributed by atoms with Gasteiger partial charge in [-0.3, -0.25) is 9.78 Å². The van der Waals surface area contributed by atoms with Crippen LogP contribution in [0.15, 0.2) is 85.3 Å². The third kappa shape index (κ3) is 4.16. The topological polar surface area (TPSA) is 107 Å². The van der Waals surface area contributed by atoms with Crippen LogP contribution in [0.3, 0.4) is 0 Å². The molecular weight excluding hydrogens is 412 g/mol. The second-order valence-electron chi connectivity index (χ2n) is 8.11. The predicted molar refractivity (Wildman–Crippen MR) is 131 cm³/mol. The quantitative estimate of drug-likeness (QED) is 0.351. The predicted octanol–water partition coefficient (Wildman–Crippen LogP) is 4.43. The Labute approximate surface area is 191 Å². The smallest absolute Gasteiger partial charge is 0.249 e. The number of primary amides is 1. The molecule has 2 aromatic heterocycles. The van der Waals surface area contributed by atoms with E-state index in [1.54, 1.807) is 18.5 Å². The largest absolute Gasteiger partial charge is 0.490 e. The molecule has 2 heterocycles. The maximum Gasteiger partial charge on any atom is 0.249 e. The van der Waals surface area contributed by atoms with Crippen LogP contribution in [0.25, 0.3) is 32.8 Å². The van der Waals surface area contributed by atoms with Crippen LogP contribution in [0.1, 0.15) is 15.9 Å². The Hall–Kier alpha value is -4.16. The fraction of sp³-hybridized carbons (Fsp3) is 0.111. The van der Waals surface area contributed by atoms with Crippen molar-refractivity contribution < 1.29 is 9.53 Å². The lowest BCUT2D eigenvalue weighted by Gasteiger charge is -2.14. The van der Waals surface area contributed by atoms with Crippen LogP contribution in [0.4, 0.5) is 0 Å². The zero-order valence-corrected chi connectivity index (χ0v) is 18.0. The number of aromatic nitrogens is 2. The van der Waals surface area contributed by atoms with Gasteiger partial charge in [-0.2, -0.15) is 0 Å². The number of fused-ring (bicyclic) bond motifs is 2. The highest BCUT2D eigenvalue weighted by Crippen LogP contribution is 2.31. The van der Waals surface area contributed by atoms with Crippen LogP contribution in [-0.2, 0) is 6.42 Å². The number of nitrogens with zero attached hydrogens (tertiary/aromatic N) is 1. The number of nitrogens with two attached hydrogens (primary N) is 2. The van der Waals surface area contributed by atoms with E-state index in [9.17, 15) is 4.79 Å². The summed E-state index contributed by atoms with van der Waals surface area (Å²) in [5, 5.41) is 2.93. The first-order valence-corrected chi connectivity index (χ1v) is 10.8. The van der Waals surface area contributed by atoms with Crippen molar-refractivity contribution in [3.05, 3.63) is 96.4 Å². The number of carbonyl (C=O) groups excluding carboxylic acids is 1. The molecule has 1 atom stereocenters. The lowest BCUT2D eigenvalue weighted by atomic mass is 9.96. The van der Waals surface area contributed by atoms with Crippen molar-refractivity contribution in [3.63, 3.8) is 0 Å². The fourth-order valence-corrected chi connectivity index (χ4v) is 4.27. The van der Waals surface area contributed by atoms with Gasteiger partial charge in [0.25, 0.3) is 0 Å². The molecule has 6 nitrogen and oxygen atoms in total. The maximum atomic E-state index is 11.8. The minimum Gasteiger partial charge on any atom is -0.490 e. The van der Waals surface area contributed by atoms with Gasteiger partial charge in [0.2, 0.25) is 5.91 Å². The lowest BCUT2D eigenvalue weighted by Crippen LogP contribution is -2.30. The van der Waals surface area contributed by atoms with Crippen molar-refractivity contribution in [1.29, 1.82) is 0 Å². The summed E-state index contributed by atoms with van der Waals surface area (Å²) in [6.07, 6.45) is 6.18. The van der Waals surface area contributed by atoms with E-state index in [0.717, 1.165) is 27.4 Å². The minimum absolute atomic E-state index is 0.163. The summed E-state index contributed by atoms with van der Waals surface area (Å²) in [7, 11) is 0. The number of nitrogens with one attached hydrogen (secondary N) is 1. The van der Waals surface area contributed by atoms with Gasteiger partial charge in [-0.15, -0.1) is 0 Å². The Balaban J connectivity index is 1.35. The molecule has 0 radical (unpaired) electrons. The number of hydrogen-bond acceptors (Lipinski definition) is 4. The van der Waals surface area contributed by atoms with E-state index in [4.69, 9.17) is 16.2 Å². The van der Waals surface area contributed by atoms with Crippen LogP contribution in [0.5, 0.6) is 5.75 Å². The van der Waals surface area contributed by atoms with E-state index in [2.05, 4.69) is 22.1 Å². The second kappa shape index (κ2) is 8.76. The van der Waals surface area contributed by atoms with Gasteiger partial charge >= 0.3 is 0 Å². The van der Waals surface area contributed by atoms with Crippen LogP contribution >= 0.6 is 0 Å². The van der Waals surface area contributed by atoms with Gasteiger partial charge in [-0.05, 0) is 46.5 Å². The number of pyridine rings is 1. The summed E-state index contributed by atoms with van der Waals surface area (Å²) in [4.78, 5) is 19.5. The monoisotopic (exact) mass is 436 g/mol. The molecule has 5 aromatic rings. The second-order valence-corrected chi connectivity index (χ2v) is 8.11. The average Bonchev–Trinajstić information content (AvgIpc) is 3.25. The Kier molecular flexibility index (Phi) is 5.50. The molecule has 164 valence electrons. The molecule has 0 fully saturated rings. The molecule has 0 saturated carbocycles. The summed E-state index contributed by atoms with van der Waals surface area (Å²) >= 11 is 0. The Bertz CT molecular complexity index is 1460. The number of benzene rings is 3.